The van der Waals surface area contributed by atoms with Crippen LogP contribution in [0.5, 0.6) is 0 Å². The van der Waals surface area contributed by atoms with E-state index in [2.05, 4.69) is 32.5 Å². The average molecular weight is 279 g/mol. The van der Waals surface area contributed by atoms with Crippen LogP contribution in [0.1, 0.15) is 11.3 Å². The Morgan fingerprint density at radius 1 is 1.14 bits per heavy atom. The van der Waals surface area contributed by atoms with Crippen molar-refractivity contribution in [3.63, 3.8) is 0 Å². The first-order valence-electron chi connectivity index (χ1n) is 6.83. The highest BCUT2D eigenvalue weighted by Gasteiger charge is 2.09. The van der Waals surface area contributed by atoms with Gasteiger partial charge in [0.15, 0.2) is 0 Å². The molecule has 21 heavy (non-hydrogen) atoms. The first-order valence-corrected chi connectivity index (χ1v) is 6.83. The number of rotatable bonds is 4. The third kappa shape index (κ3) is 3.08. The molecule has 0 saturated carbocycles. The monoisotopic (exact) mass is 279 g/mol. The van der Waals surface area contributed by atoms with Crippen LogP contribution in [0.3, 0.4) is 0 Å². The highest BCUT2D eigenvalue weighted by molar-refractivity contribution is 5.63. The van der Waals surface area contributed by atoms with Crippen LogP contribution in [0.4, 0.5) is 5.82 Å². The average Bonchev–Trinajstić information content (AvgIpc) is 2.87. The molecule has 1 aromatic carbocycles. The molecule has 5 nitrogen and oxygen atoms in total. The molecule has 3 rings (SSSR count). The Balaban J connectivity index is 1.83. The van der Waals surface area contributed by atoms with Crippen molar-refractivity contribution in [2.24, 2.45) is 7.05 Å². The number of benzene rings is 1. The molecular formula is C16H17N5. The Morgan fingerprint density at radius 2 is 1.95 bits per heavy atom. The van der Waals surface area contributed by atoms with Crippen LogP contribution >= 0.6 is 0 Å². The SMILES string of the molecule is Cc1cc(NCc2cn(C)nc2-c2ccccc2)ncn1. The Bertz CT molecular complexity index is 733. The molecule has 0 amide bonds. The number of anilines is 1. The van der Waals surface area contributed by atoms with E-state index >= 15 is 0 Å². The molecule has 2 aromatic heterocycles. The fourth-order valence-electron chi connectivity index (χ4n) is 2.24. The van der Waals surface area contributed by atoms with Crippen molar-refractivity contribution in [2.45, 2.75) is 13.5 Å². The second-order valence-electron chi connectivity index (χ2n) is 4.94. The second-order valence-corrected chi connectivity index (χ2v) is 4.94. The van der Waals surface area contributed by atoms with E-state index in [1.54, 1.807) is 6.33 Å². The largest absolute Gasteiger partial charge is 0.366 e. The van der Waals surface area contributed by atoms with Crippen LogP contribution in [0.2, 0.25) is 0 Å². The van der Waals surface area contributed by atoms with Gasteiger partial charge >= 0.3 is 0 Å². The standard InChI is InChI=1S/C16H17N5/c1-12-8-15(19-11-18-12)17-9-14-10-21(2)20-16(14)13-6-4-3-5-7-13/h3-8,10-11H,9H2,1-2H3,(H,17,18,19). The molecular weight excluding hydrogens is 262 g/mol. The zero-order valence-electron chi connectivity index (χ0n) is 12.1. The maximum atomic E-state index is 4.55. The predicted molar refractivity (Wildman–Crippen MR) is 82.7 cm³/mol. The minimum absolute atomic E-state index is 0.675. The molecule has 0 aliphatic heterocycles. The summed E-state index contributed by atoms with van der Waals surface area (Å²) in [5.74, 6) is 0.824. The summed E-state index contributed by atoms with van der Waals surface area (Å²) >= 11 is 0. The van der Waals surface area contributed by atoms with Crippen LogP contribution in [0.15, 0.2) is 48.9 Å². The maximum Gasteiger partial charge on any atom is 0.129 e. The summed E-state index contributed by atoms with van der Waals surface area (Å²) in [6, 6.07) is 12.1. The fraction of sp³-hybridized carbons (Fsp3) is 0.188. The number of nitrogens with one attached hydrogen (secondary N) is 1. The van der Waals surface area contributed by atoms with Gasteiger partial charge < -0.3 is 5.32 Å². The Hall–Kier alpha value is -2.69. The molecule has 2 heterocycles. The van der Waals surface area contributed by atoms with Gasteiger partial charge in [0.1, 0.15) is 12.1 Å². The van der Waals surface area contributed by atoms with Crippen LogP contribution in [-0.4, -0.2) is 19.7 Å². The number of aryl methyl sites for hydroxylation is 2. The normalized spacial score (nSPS) is 10.6. The quantitative estimate of drug-likeness (QED) is 0.798. The minimum atomic E-state index is 0.675. The molecule has 1 N–H and O–H groups in total. The molecule has 5 heteroatoms. The lowest BCUT2D eigenvalue weighted by Crippen LogP contribution is -2.02. The van der Waals surface area contributed by atoms with Gasteiger partial charge in [-0.2, -0.15) is 5.10 Å². The molecule has 0 radical (unpaired) electrons. The Labute approximate surface area is 123 Å². The summed E-state index contributed by atoms with van der Waals surface area (Å²) in [6.07, 6.45) is 3.60. The zero-order chi connectivity index (χ0) is 14.7. The Morgan fingerprint density at radius 3 is 2.71 bits per heavy atom. The summed E-state index contributed by atoms with van der Waals surface area (Å²) < 4.78 is 1.84. The van der Waals surface area contributed by atoms with Crippen LogP contribution < -0.4 is 5.32 Å². The van der Waals surface area contributed by atoms with E-state index < -0.39 is 0 Å². The van der Waals surface area contributed by atoms with Crippen LogP contribution in [0.25, 0.3) is 11.3 Å². The molecule has 106 valence electrons. The van der Waals surface area contributed by atoms with E-state index in [1.165, 1.54) is 0 Å². The number of nitrogens with zero attached hydrogens (tertiary/aromatic N) is 4. The summed E-state index contributed by atoms with van der Waals surface area (Å²) in [7, 11) is 1.94. The van der Waals surface area contributed by atoms with E-state index in [9.17, 15) is 0 Å². The summed E-state index contributed by atoms with van der Waals surface area (Å²) in [6.45, 7) is 2.63. The van der Waals surface area contributed by atoms with Crippen LogP contribution in [0, 0.1) is 6.92 Å². The Kier molecular flexibility index (Phi) is 3.64. The second kappa shape index (κ2) is 5.75. The van der Waals surface area contributed by atoms with Crippen LogP contribution in [-0.2, 0) is 13.6 Å². The molecule has 0 spiro atoms. The van der Waals surface area contributed by atoms with E-state index in [0.717, 1.165) is 28.3 Å². The van der Waals surface area contributed by atoms with Gasteiger partial charge in [0.25, 0.3) is 0 Å². The molecule has 0 saturated heterocycles. The van der Waals surface area contributed by atoms with Crippen molar-refractivity contribution in [3.8, 4) is 11.3 Å². The van der Waals surface area contributed by atoms with E-state index in [0.29, 0.717) is 6.54 Å². The van der Waals surface area contributed by atoms with Gasteiger partial charge in [0.05, 0.1) is 5.69 Å². The molecule has 0 aliphatic carbocycles. The predicted octanol–water partition coefficient (Wildman–Crippen LogP) is 2.80. The lowest BCUT2D eigenvalue weighted by molar-refractivity contribution is 0.770. The number of hydrogen-bond donors (Lipinski definition) is 1. The van der Waals surface area contributed by atoms with Gasteiger partial charge in [-0.1, -0.05) is 30.3 Å². The minimum Gasteiger partial charge on any atom is -0.366 e. The maximum absolute atomic E-state index is 4.55. The number of aromatic nitrogens is 4. The molecule has 3 aromatic rings. The highest BCUT2D eigenvalue weighted by Crippen LogP contribution is 2.22. The van der Waals surface area contributed by atoms with E-state index in [-0.39, 0.29) is 0 Å². The van der Waals surface area contributed by atoms with Crippen molar-refractivity contribution >= 4 is 5.82 Å². The van der Waals surface area contributed by atoms with E-state index in [1.807, 2.05) is 49.1 Å². The van der Waals surface area contributed by atoms with Crippen molar-refractivity contribution in [1.29, 1.82) is 0 Å². The lowest BCUT2D eigenvalue weighted by Gasteiger charge is -2.06. The first-order chi connectivity index (χ1) is 10.2. The topological polar surface area (TPSA) is 55.6 Å². The third-order valence-corrected chi connectivity index (χ3v) is 3.22. The summed E-state index contributed by atoms with van der Waals surface area (Å²) in [5, 5.41) is 7.88. The van der Waals surface area contributed by atoms with Gasteiger partial charge in [-0.3, -0.25) is 4.68 Å². The molecule has 0 atom stereocenters. The fourth-order valence-corrected chi connectivity index (χ4v) is 2.24. The van der Waals surface area contributed by atoms with Crippen molar-refractivity contribution < 1.29 is 0 Å². The molecule has 0 fully saturated rings. The van der Waals surface area contributed by atoms with Crippen molar-refractivity contribution in [3.05, 3.63) is 60.2 Å². The van der Waals surface area contributed by atoms with Gasteiger partial charge in [0.2, 0.25) is 0 Å². The van der Waals surface area contributed by atoms with Gasteiger partial charge in [-0.05, 0) is 6.92 Å². The molecule has 0 bridgehead atoms. The van der Waals surface area contributed by atoms with Gasteiger partial charge in [0, 0.05) is 42.7 Å². The smallest absolute Gasteiger partial charge is 0.129 e. The third-order valence-electron chi connectivity index (χ3n) is 3.22. The van der Waals surface area contributed by atoms with Crippen molar-refractivity contribution in [2.75, 3.05) is 5.32 Å². The van der Waals surface area contributed by atoms with Crippen molar-refractivity contribution in [1.82, 2.24) is 19.7 Å². The molecule has 0 aliphatic rings. The summed E-state index contributed by atoms with van der Waals surface area (Å²) in [4.78, 5) is 8.31. The summed E-state index contributed by atoms with van der Waals surface area (Å²) in [5.41, 5.74) is 4.20. The number of hydrogen-bond acceptors (Lipinski definition) is 4. The zero-order valence-corrected chi connectivity index (χ0v) is 12.1. The van der Waals surface area contributed by atoms with Gasteiger partial charge in [-0.15, -0.1) is 0 Å². The first kappa shape index (κ1) is 13.3. The van der Waals surface area contributed by atoms with E-state index in [4.69, 9.17) is 0 Å². The lowest BCUT2D eigenvalue weighted by atomic mass is 10.1. The molecule has 0 unspecified atom stereocenters. The van der Waals surface area contributed by atoms with Gasteiger partial charge in [-0.25, -0.2) is 9.97 Å². The highest BCUT2D eigenvalue weighted by atomic mass is 15.3.